The summed E-state index contributed by atoms with van der Waals surface area (Å²) in [5.41, 5.74) is 0.770. The van der Waals surface area contributed by atoms with Crippen molar-refractivity contribution in [3.8, 4) is 0 Å². The number of nitrogens with one attached hydrogen (secondary N) is 1. The smallest absolute Gasteiger partial charge is 0.0952 e. The molecule has 0 aromatic rings. The van der Waals surface area contributed by atoms with E-state index in [2.05, 4.69) is 0 Å². The van der Waals surface area contributed by atoms with Gasteiger partial charge in [0.1, 0.15) is 0 Å². The van der Waals surface area contributed by atoms with Crippen molar-refractivity contribution in [2.24, 2.45) is 0 Å². The highest BCUT2D eigenvalue weighted by Crippen LogP contribution is 2.17. The first-order chi connectivity index (χ1) is 3.84. The van der Waals surface area contributed by atoms with Crippen LogP contribution in [0.2, 0.25) is 0 Å². The monoisotopic (exact) mass is 113 g/mol. The van der Waals surface area contributed by atoms with Gasteiger partial charge in [0.25, 0.3) is 0 Å². The molecule has 0 radical (unpaired) electrons. The molecule has 46 valence electrons. The van der Waals surface area contributed by atoms with Crippen LogP contribution in [-0.2, 0) is 4.74 Å². The quantitative estimate of drug-likeness (QED) is 0.573. The van der Waals surface area contributed by atoms with Gasteiger partial charge in [-0.15, -0.1) is 0 Å². The van der Waals surface area contributed by atoms with Crippen LogP contribution >= 0.6 is 0 Å². The molecular weight excluding hydrogens is 102 g/mol. The molecule has 1 rings (SSSR count). The van der Waals surface area contributed by atoms with Crippen molar-refractivity contribution in [1.29, 1.82) is 5.41 Å². The van der Waals surface area contributed by atoms with E-state index in [1.165, 1.54) is 0 Å². The van der Waals surface area contributed by atoms with Crippen LogP contribution in [0.15, 0.2) is 0 Å². The molecule has 0 aromatic carbocycles. The Morgan fingerprint density at radius 2 is 2.62 bits per heavy atom. The van der Waals surface area contributed by atoms with Crippen LogP contribution in [0.5, 0.6) is 0 Å². The minimum Gasteiger partial charge on any atom is -0.373 e. The van der Waals surface area contributed by atoms with Gasteiger partial charge in [0.05, 0.1) is 6.10 Å². The van der Waals surface area contributed by atoms with Gasteiger partial charge in [-0.25, -0.2) is 0 Å². The summed E-state index contributed by atoms with van der Waals surface area (Å²) in [5.74, 6) is 0. The topological polar surface area (TPSA) is 33.1 Å². The van der Waals surface area contributed by atoms with Gasteiger partial charge in [0.15, 0.2) is 0 Å². The van der Waals surface area contributed by atoms with Crippen molar-refractivity contribution in [3.63, 3.8) is 0 Å². The molecule has 1 aliphatic carbocycles. The molecule has 1 saturated carbocycles. The van der Waals surface area contributed by atoms with Gasteiger partial charge in [0, 0.05) is 12.3 Å². The second-order valence-corrected chi connectivity index (χ2v) is 2.01. The number of ether oxygens (including phenoxy) is 1. The first-order valence-electron chi connectivity index (χ1n) is 3.03. The molecule has 2 heteroatoms. The lowest BCUT2D eigenvalue weighted by Crippen LogP contribution is -2.33. The molecule has 1 N–H and O–H groups in total. The van der Waals surface area contributed by atoms with E-state index in [0.29, 0.717) is 0 Å². The average Bonchev–Trinajstić information content (AvgIpc) is 1.79. The minimum absolute atomic E-state index is 0.181. The summed E-state index contributed by atoms with van der Waals surface area (Å²) >= 11 is 0. The van der Waals surface area contributed by atoms with Crippen LogP contribution in [0.1, 0.15) is 19.8 Å². The van der Waals surface area contributed by atoms with Gasteiger partial charge >= 0.3 is 0 Å². The summed E-state index contributed by atoms with van der Waals surface area (Å²) in [7, 11) is 0. The van der Waals surface area contributed by atoms with Crippen molar-refractivity contribution in [3.05, 3.63) is 0 Å². The van der Waals surface area contributed by atoms with E-state index < -0.39 is 0 Å². The predicted octanol–water partition coefficient (Wildman–Crippen LogP) is 1.21. The molecule has 1 fully saturated rings. The Bertz CT molecular complexity index is 101. The Balaban J connectivity index is 2.17. The fourth-order valence-electron chi connectivity index (χ4n) is 0.792. The van der Waals surface area contributed by atoms with Gasteiger partial charge in [-0.2, -0.15) is 0 Å². The van der Waals surface area contributed by atoms with Crippen LogP contribution in [0.3, 0.4) is 0 Å². The molecule has 0 aliphatic heterocycles. The second-order valence-electron chi connectivity index (χ2n) is 2.01. The number of hydrogen-bond donors (Lipinski definition) is 1. The summed E-state index contributed by atoms with van der Waals surface area (Å²) in [5, 5.41) is 7.17. The highest BCUT2D eigenvalue weighted by Gasteiger charge is 2.23. The molecule has 2 nitrogen and oxygen atoms in total. The molecule has 0 aromatic heterocycles. The van der Waals surface area contributed by atoms with E-state index in [-0.39, 0.29) is 6.10 Å². The van der Waals surface area contributed by atoms with E-state index in [9.17, 15) is 0 Å². The standard InChI is InChI=1S/C6H11NO/c1-2-8-6-4-3-5(6)7/h6-7H,2-4H2,1H3. The third kappa shape index (κ3) is 0.892. The SMILES string of the molecule is CCOC1CCC1=N. The lowest BCUT2D eigenvalue weighted by Gasteiger charge is -2.26. The largest absolute Gasteiger partial charge is 0.373 e. The Morgan fingerprint density at radius 1 is 1.88 bits per heavy atom. The van der Waals surface area contributed by atoms with Gasteiger partial charge < -0.3 is 10.1 Å². The molecule has 8 heavy (non-hydrogen) atoms. The van der Waals surface area contributed by atoms with Crippen molar-refractivity contribution in [1.82, 2.24) is 0 Å². The summed E-state index contributed by atoms with van der Waals surface area (Å²) in [6, 6.07) is 0. The highest BCUT2D eigenvalue weighted by molar-refractivity contribution is 5.91. The summed E-state index contributed by atoms with van der Waals surface area (Å²) in [6.45, 7) is 2.71. The lowest BCUT2D eigenvalue weighted by molar-refractivity contribution is 0.0853. The minimum atomic E-state index is 0.181. The summed E-state index contributed by atoms with van der Waals surface area (Å²) in [4.78, 5) is 0. The molecule has 0 saturated heterocycles. The first kappa shape index (κ1) is 5.76. The molecule has 0 heterocycles. The zero-order valence-corrected chi connectivity index (χ0v) is 5.11. The Kier molecular flexibility index (Phi) is 1.63. The van der Waals surface area contributed by atoms with Crippen LogP contribution < -0.4 is 0 Å². The van der Waals surface area contributed by atoms with Crippen molar-refractivity contribution >= 4 is 5.71 Å². The van der Waals surface area contributed by atoms with E-state index in [4.69, 9.17) is 10.1 Å². The maximum Gasteiger partial charge on any atom is 0.0952 e. The highest BCUT2D eigenvalue weighted by atomic mass is 16.5. The Morgan fingerprint density at radius 3 is 2.75 bits per heavy atom. The van der Waals surface area contributed by atoms with E-state index in [1.807, 2.05) is 6.92 Å². The predicted molar refractivity (Wildman–Crippen MR) is 32.4 cm³/mol. The second kappa shape index (κ2) is 2.27. The van der Waals surface area contributed by atoms with Gasteiger partial charge in [0.2, 0.25) is 0 Å². The third-order valence-corrected chi connectivity index (χ3v) is 1.43. The zero-order valence-electron chi connectivity index (χ0n) is 5.11. The summed E-state index contributed by atoms with van der Waals surface area (Å²) < 4.78 is 5.17. The Labute approximate surface area is 49.4 Å². The normalized spacial score (nSPS) is 27.6. The van der Waals surface area contributed by atoms with Gasteiger partial charge in [-0.3, -0.25) is 0 Å². The maximum atomic E-state index is 7.17. The van der Waals surface area contributed by atoms with Gasteiger partial charge in [-0.05, 0) is 19.8 Å². The molecule has 0 bridgehead atoms. The van der Waals surface area contributed by atoms with Crippen LogP contribution in [0.25, 0.3) is 0 Å². The van der Waals surface area contributed by atoms with Crippen LogP contribution in [0.4, 0.5) is 0 Å². The maximum absolute atomic E-state index is 7.17. The fraction of sp³-hybridized carbons (Fsp3) is 0.833. The van der Waals surface area contributed by atoms with E-state index in [0.717, 1.165) is 25.2 Å². The third-order valence-electron chi connectivity index (χ3n) is 1.43. The van der Waals surface area contributed by atoms with Crippen molar-refractivity contribution in [2.45, 2.75) is 25.9 Å². The van der Waals surface area contributed by atoms with Crippen LogP contribution in [-0.4, -0.2) is 18.4 Å². The average molecular weight is 113 g/mol. The van der Waals surface area contributed by atoms with Crippen molar-refractivity contribution in [2.75, 3.05) is 6.61 Å². The first-order valence-corrected chi connectivity index (χ1v) is 3.03. The number of rotatable bonds is 2. The van der Waals surface area contributed by atoms with Crippen LogP contribution in [0, 0.1) is 5.41 Å². The molecule has 0 spiro atoms. The summed E-state index contributed by atoms with van der Waals surface area (Å²) in [6.07, 6.45) is 2.19. The molecule has 1 aliphatic rings. The van der Waals surface area contributed by atoms with Gasteiger partial charge in [-0.1, -0.05) is 0 Å². The number of hydrogen-bond acceptors (Lipinski definition) is 2. The molecule has 1 unspecified atom stereocenters. The molecular formula is C6H11NO. The lowest BCUT2D eigenvalue weighted by atomic mass is 9.93. The fourth-order valence-corrected chi connectivity index (χ4v) is 0.792. The Hall–Kier alpha value is -0.370. The van der Waals surface area contributed by atoms with Crippen molar-refractivity contribution < 1.29 is 4.74 Å². The van der Waals surface area contributed by atoms with E-state index >= 15 is 0 Å². The van der Waals surface area contributed by atoms with E-state index in [1.54, 1.807) is 0 Å². The zero-order chi connectivity index (χ0) is 5.98. The molecule has 1 atom stereocenters. The molecule has 0 amide bonds.